The molecule has 0 radical (unpaired) electrons. The Balaban J connectivity index is 3.02. The standard InChI is InChI=1S/C10H14N4O/c1-7-5-8(3-4-9(7)15-2)10(12)14-13-6-11/h3-6H,1-2H3,(H2,11,13)(H2,12,14). The second-order valence-corrected chi connectivity index (χ2v) is 2.93. The molecule has 5 nitrogen and oxygen atoms in total. The molecule has 0 atom stereocenters. The first kappa shape index (κ1) is 11.0. The molecule has 0 saturated carbocycles. The maximum absolute atomic E-state index is 5.68. The largest absolute Gasteiger partial charge is 0.496 e. The van der Waals surface area contributed by atoms with Gasteiger partial charge >= 0.3 is 0 Å². The van der Waals surface area contributed by atoms with Gasteiger partial charge in [0, 0.05) is 5.56 Å². The number of nitrogens with two attached hydrogens (primary N) is 2. The van der Waals surface area contributed by atoms with E-state index in [-0.39, 0.29) is 0 Å². The highest BCUT2D eigenvalue weighted by Crippen LogP contribution is 2.18. The highest BCUT2D eigenvalue weighted by atomic mass is 16.5. The van der Waals surface area contributed by atoms with Crippen molar-refractivity contribution in [3.05, 3.63) is 29.3 Å². The van der Waals surface area contributed by atoms with Gasteiger partial charge in [-0.1, -0.05) is 0 Å². The second-order valence-electron chi connectivity index (χ2n) is 2.93. The summed E-state index contributed by atoms with van der Waals surface area (Å²) in [7, 11) is 1.62. The van der Waals surface area contributed by atoms with Crippen LogP contribution >= 0.6 is 0 Å². The summed E-state index contributed by atoms with van der Waals surface area (Å²) in [5.41, 5.74) is 12.5. The molecular formula is C10H14N4O. The lowest BCUT2D eigenvalue weighted by molar-refractivity contribution is 0.411. The molecular weight excluding hydrogens is 192 g/mol. The molecule has 1 aromatic carbocycles. The zero-order chi connectivity index (χ0) is 11.3. The summed E-state index contributed by atoms with van der Waals surface area (Å²) in [5, 5.41) is 7.21. The van der Waals surface area contributed by atoms with E-state index in [4.69, 9.17) is 16.2 Å². The lowest BCUT2D eigenvalue weighted by Crippen LogP contribution is -2.13. The van der Waals surface area contributed by atoms with Crippen LogP contribution in [-0.4, -0.2) is 19.3 Å². The molecule has 15 heavy (non-hydrogen) atoms. The van der Waals surface area contributed by atoms with E-state index in [1.165, 1.54) is 0 Å². The number of nitrogens with zero attached hydrogens (tertiary/aromatic N) is 2. The molecule has 5 heteroatoms. The summed E-state index contributed by atoms with van der Waals surface area (Å²) >= 11 is 0. The molecule has 0 aliphatic heterocycles. The van der Waals surface area contributed by atoms with Crippen molar-refractivity contribution in [3.63, 3.8) is 0 Å². The minimum Gasteiger partial charge on any atom is -0.496 e. The van der Waals surface area contributed by atoms with Crippen molar-refractivity contribution in [3.8, 4) is 5.75 Å². The Bertz CT molecular complexity index is 398. The zero-order valence-electron chi connectivity index (χ0n) is 8.77. The summed E-state index contributed by atoms with van der Waals surface area (Å²) in [5.74, 6) is 1.14. The van der Waals surface area contributed by atoms with Gasteiger partial charge in [0.2, 0.25) is 0 Å². The highest BCUT2D eigenvalue weighted by Gasteiger charge is 2.02. The molecule has 1 rings (SSSR count). The smallest absolute Gasteiger partial charge is 0.153 e. The van der Waals surface area contributed by atoms with E-state index in [1.54, 1.807) is 7.11 Å². The first-order valence-electron chi connectivity index (χ1n) is 4.40. The van der Waals surface area contributed by atoms with E-state index >= 15 is 0 Å². The first-order chi connectivity index (χ1) is 7.19. The van der Waals surface area contributed by atoms with Gasteiger partial charge in [0.25, 0.3) is 0 Å². The SMILES string of the molecule is COc1ccc(/C(N)=N/N=C\N)cc1C. The van der Waals surface area contributed by atoms with E-state index in [0.29, 0.717) is 5.84 Å². The number of ether oxygens (including phenoxy) is 1. The second kappa shape index (κ2) is 4.99. The molecule has 0 spiro atoms. The van der Waals surface area contributed by atoms with Gasteiger partial charge in [-0.3, -0.25) is 0 Å². The van der Waals surface area contributed by atoms with E-state index in [1.807, 2.05) is 25.1 Å². The molecule has 1 aromatic rings. The summed E-state index contributed by atoms with van der Waals surface area (Å²) in [4.78, 5) is 0. The van der Waals surface area contributed by atoms with Gasteiger partial charge in [-0.2, -0.15) is 0 Å². The fraction of sp³-hybridized carbons (Fsp3) is 0.200. The van der Waals surface area contributed by atoms with Gasteiger partial charge in [-0.25, -0.2) is 0 Å². The van der Waals surface area contributed by atoms with Crippen molar-refractivity contribution < 1.29 is 4.74 Å². The van der Waals surface area contributed by atoms with Crippen LogP contribution in [0.1, 0.15) is 11.1 Å². The lowest BCUT2D eigenvalue weighted by Gasteiger charge is -2.06. The van der Waals surface area contributed by atoms with Gasteiger partial charge < -0.3 is 16.2 Å². The number of hydrogen-bond donors (Lipinski definition) is 2. The van der Waals surface area contributed by atoms with Crippen LogP contribution in [0.4, 0.5) is 0 Å². The summed E-state index contributed by atoms with van der Waals surface area (Å²) in [6.45, 7) is 1.93. The predicted octanol–water partition coefficient (Wildman–Crippen LogP) is 0.611. The minimum atomic E-state index is 0.322. The average Bonchev–Trinajstić information content (AvgIpc) is 2.25. The fourth-order valence-electron chi connectivity index (χ4n) is 1.19. The third-order valence-electron chi connectivity index (χ3n) is 1.92. The molecule has 0 fully saturated rings. The van der Waals surface area contributed by atoms with E-state index in [2.05, 4.69) is 10.2 Å². The van der Waals surface area contributed by atoms with Gasteiger partial charge in [-0.15, -0.1) is 10.2 Å². The van der Waals surface area contributed by atoms with Crippen LogP contribution < -0.4 is 16.2 Å². The van der Waals surface area contributed by atoms with E-state index < -0.39 is 0 Å². The molecule has 0 aliphatic carbocycles. The van der Waals surface area contributed by atoms with Crippen LogP contribution in [0.15, 0.2) is 28.4 Å². The third kappa shape index (κ3) is 2.70. The van der Waals surface area contributed by atoms with Crippen molar-refractivity contribution in [2.24, 2.45) is 21.7 Å². The number of rotatable bonds is 3. The summed E-state index contributed by atoms with van der Waals surface area (Å²) in [6.07, 6.45) is 1.09. The van der Waals surface area contributed by atoms with Crippen LogP contribution in [0, 0.1) is 6.92 Å². The molecule has 0 bridgehead atoms. The van der Waals surface area contributed by atoms with E-state index in [0.717, 1.165) is 23.2 Å². The van der Waals surface area contributed by atoms with Crippen LogP contribution in [0.5, 0.6) is 5.75 Å². The zero-order valence-corrected chi connectivity index (χ0v) is 8.77. The van der Waals surface area contributed by atoms with Crippen molar-refractivity contribution >= 4 is 12.2 Å². The quantitative estimate of drug-likeness (QED) is 0.431. The van der Waals surface area contributed by atoms with Crippen LogP contribution in [0.2, 0.25) is 0 Å². The van der Waals surface area contributed by atoms with Crippen molar-refractivity contribution in [2.75, 3.05) is 7.11 Å². The Kier molecular flexibility index (Phi) is 3.68. The van der Waals surface area contributed by atoms with Gasteiger partial charge in [0.05, 0.1) is 7.11 Å². The Morgan fingerprint density at radius 1 is 1.47 bits per heavy atom. The summed E-state index contributed by atoms with van der Waals surface area (Å²) < 4.78 is 5.13. The van der Waals surface area contributed by atoms with E-state index in [9.17, 15) is 0 Å². The molecule has 0 unspecified atom stereocenters. The maximum Gasteiger partial charge on any atom is 0.153 e. The molecule has 0 aliphatic rings. The lowest BCUT2D eigenvalue weighted by atomic mass is 10.1. The molecule has 0 heterocycles. The Morgan fingerprint density at radius 2 is 2.20 bits per heavy atom. The van der Waals surface area contributed by atoms with Crippen molar-refractivity contribution in [2.45, 2.75) is 6.92 Å². The molecule has 80 valence electrons. The van der Waals surface area contributed by atoms with Crippen LogP contribution in [-0.2, 0) is 0 Å². The average molecular weight is 206 g/mol. The highest BCUT2D eigenvalue weighted by molar-refractivity contribution is 5.97. The number of aryl methyl sites for hydroxylation is 1. The molecule has 4 N–H and O–H groups in total. The Morgan fingerprint density at radius 3 is 2.73 bits per heavy atom. The van der Waals surface area contributed by atoms with Crippen LogP contribution in [0.25, 0.3) is 0 Å². The Labute approximate surface area is 88.4 Å². The number of hydrogen-bond acceptors (Lipinski definition) is 3. The van der Waals surface area contributed by atoms with Crippen LogP contribution in [0.3, 0.4) is 0 Å². The number of methoxy groups -OCH3 is 1. The minimum absolute atomic E-state index is 0.322. The maximum atomic E-state index is 5.68. The molecule has 0 saturated heterocycles. The number of benzene rings is 1. The van der Waals surface area contributed by atoms with Crippen molar-refractivity contribution in [1.82, 2.24) is 0 Å². The summed E-state index contributed by atoms with van der Waals surface area (Å²) in [6, 6.07) is 5.53. The number of amidine groups is 1. The monoisotopic (exact) mass is 206 g/mol. The molecule has 0 amide bonds. The fourth-order valence-corrected chi connectivity index (χ4v) is 1.19. The molecule has 0 aromatic heterocycles. The normalized spacial score (nSPS) is 12.0. The van der Waals surface area contributed by atoms with Gasteiger partial charge in [-0.05, 0) is 30.7 Å². The predicted molar refractivity (Wildman–Crippen MR) is 61.1 cm³/mol. The first-order valence-corrected chi connectivity index (χ1v) is 4.40. The Hall–Kier alpha value is -2.04. The van der Waals surface area contributed by atoms with Crippen molar-refractivity contribution in [1.29, 1.82) is 0 Å². The van der Waals surface area contributed by atoms with Gasteiger partial charge in [0.1, 0.15) is 12.1 Å². The topological polar surface area (TPSA) is 86.0 Å². The third-order valence-corrected chi connectivity index (χ3v) is 1.92. The van der Waals surface area contributed by atoms with Gasteiger partial charge in [0.15, 0.2) is 5.84 Å².